The number of Topliss-reactive ketones (excluding diaryl/α,β-unsaturated/α-hetero) is 1. The molecular formula is C21H19N3O4S. The first-order valence-electron chi connectivity index (χ1n) is 8.83. The lowest BCUT2D eigenvalue weighted by Crippen LogP contribution is -2.17. The Labute approximate surface area is 170 Å². The summed E-state index contributed by atoms with van der Waals surface area (Å²) in [6, 6.07) is 4.11. The Morgan fingerprint density at radius 2 is 1.69 bits per heavy atom. The summed E-state index contributed by atoms with van der Waals surface area (Å²) in [7, 11) is 2.80. The van der Waals surface area contributed by atoms with E-state index in [1.807, 2.05) is 19.9 Å². The highest BCUT2D eigenvalue weighted by molar-refractivity contribution is 7.23. The second kappa shape index (κ2) is 6.89. The van der Waals surface area contributed by atoms with Gasteiger partial charge in [-0.25, -0.2) is 0 Å². The van der Waals surface area contributed by atoms with Gasteiger partial charge in [0.15, 0.2) is 16.5 Å². The third kappa shape index (κ3) is 3.01. The molecule has 0 aliphatic heterocycles. The number of hydrogen-bond donors (Lipinski definition) is 1. The van der Waals surface area contributed by atoms with Crippen LogP contribution < -0.4 is 11.3 Å². The first kappa shape index (κ1) is 18.9. The summed E-state index contributed by atoms with van der Waals surface area (Å²) in [6.45, 7) is 4.07. The second-order valence-electron chi connectivity index (χ2n) is 6.74. The predicted molar refractivity (Wildman–Crippen MR) is 114 cm³/mol. The Kier molecular flexibility index (Phi) is 4.50. The van der Waals surface area contributed by atoms with E-state index in [0.717, 1.165) is 21.3 Å². The van der Waals surface area contributed by atoms with Crippen molar-refractivity contribution in [3.63, 3.8) is 0 Å². The molecule has 2 N–H and O–H groups in total. The standard InChI is InChI=1S/C21H19N3O4S/c1-10-5-14-17(6-11(10)2)29-21-23-20(26)13(19(22)24(14)21)7-12-8-15(27-3)18(25)16(9-12)28-4/h5-9H,22H2,1-4H3. The topological polar surface area (TPSA) is 95.9 Å². The number of allylic oxidation sites excluding steroid dienone is 3. The van der Waals surface area contributed by atoms with Crippen molar-refractivity contribution in [3.05, 3.63) is 68.4 Å². The summed E-state index contributed by atoms with van der Waals surface area (Å²) in [6.07, 6.45) is 4.67. The fourth-order valence-electron chi connectivity index (χ4n) is 3.25. The fourth-order valence-corrected chi connectivity index (χ4v) is 4.35. The second-order valence-corrected chi connectivity index (χ2v) is 7.75. The molecule has 4 rings (SSSR count). The molecule has 0 unspecified atom stereocenters. The summed E-state index contributed by atoms with van der Waals surface area (Å²) in [5, 5.41) is 0. The van der Waals surface area contributed by atoms with E-state index in [4.69, 9.17) is 15.2 Å². The Morgan fingerprint density at radius 1 is 1.07 bits per heavy atom. The average molecular weight is 409 g/mol. The lowest BCUT2D eigenvalue weighted by molar-refractivity contribution is -0.117. The van der Waals surface area contributed by atoms with E-state index in [1.165, 1.54) is 37.7 Å². The number of methoxy groups -OCH3 is 2. The van der Waals surface area contributed by atoms with E-state index in [1.54, 1.807) is 10.5 Å². The molecule has 3 aromatic rings. The van der Waals surface area contributed by atoms with Gasteiger partial charge in [-0.15, -0.1) is 0 Å². The molecule has 2 heterocycles. The van der Waals surface area contributed by atoms with Crippen LogP contribution in [0.2, 0.25) is 0 Å². The number of rotatable bonds is 3. The maximum absolute atomic E-state index is 12.7. The van der Waals surface area contributed by atoms with Crippen LogP contribution in [-0.2, 0) is 14.3 Å². The van der Waals surface area contributed by atoms with Crippen molar-refractivity contribution >= 4 is 44.2 Å². The van der Waals surface area contributed by atoms with Crippen LogP contribution in [0.15, 0.2) is 46.2 Å². The fraction of sp³-hybridized carbons (Fsp3) is 0.190. The number of carbonyl (C=O) groups is 1. The highest BCUT2D eigenvalue weighted by Crippen LogP contribution is 2.31. The Bertz CT molecular complexity index is 1320. The number of nitrogens with zero attached hydrogens (tertiary/aromatic N) is 2. The first-order chi connectivity index (χ1) is 13.8. The summed E-state index contributed by atoms with van der Waals surface area (Å²) in [5.74, 6) is 0.171. The van der Waals surface area contributed by atoms with E-state index in [2.05, 4.69) is 11.1 Å². The molecule has 1 aliphatic carbocycles. The minimum atomic E-state index is -0.438. The molecule has 0 radical (unpaired) electrons. The molecule has 0 fully saturated rings. The van der Waals surface area contributed by atoms with Crippen LogP contribution in [0.25, 0.3) is 21.3 Å². The zero-order chi connectivity index (χ0) is 20.9. The number of nitrogens with two attached hydrogens (primary N) is 1. The summed E-state index contributed by atoms with van der Waals surface area (Å²) >= 11 is 1.42. The molecule has 8 heteroatoms. The van der Waals surface area contributed by atoms with Gasteiger partial charge in [-0.2, -0.15) is 4.98 Å². The van der Waals surface area contributed by atoms with E-state index in [-0.39, 0.29) is 22.9 Å². The number of aryl methyl sites for hydroxylation is 2. The van der Waals surface area contributed by atoms with Gasteiger partial charge in [-0.1, -0.05) is 11.3 Å². The van der Waals surface area contributed by atoms with Crippen molar-refractivity contribution in [2.24, 2.45) is 0 Å². The minimum Gasteiger partial charge on any atom is -0.492 e. The lowest BCUT2D eigenvalue weighted by atomic mass is 10.0. The molecular weight excluding hydrogens is 390 g/mol. The number of benzene rings is 1. The van der Waals surface area contributed by atoms with Gasteiger partial charge in [-0.3, -0.25) is 14.0 Å². The van der Waals surface area contributed by atoms with Gasteiger partial charge in [0, 0.05) is 0 Å². The molecule has 0 spiro atoms. The van der Waals surface area contributed by atoms with Gasteiger partial charge in [0.2, 0.25) is 0 Å². The van der Waals surface area contributed by atoms with Crippen molar-refractivity contribution in [1.29, 1.82) is 0 Å². The number of nitrogen functional groups attached to an aromatic ring is 1. The van der Waals surface area contributed by atoms with Gasteiger partial charge in [0.25, 0.3) is 11.3 Å². The zero-order valence-electron chi connectivity index (χ0n) is 16.4. The largest absolute Gasteiger partial charge is 0.492 e. The van der Waals surface area contributed by atoms with Crippen LogP contribution in [0.4, 0.5) is 5.82 Å². The molecule has 148 valence electrons. The van der Waals surface area contributed by atoms with Crippen molar-refractivity contribution in [3.8, 4) is 0 Å². The average Bonchev–Trinajstić information content (AvgIpc) is 3.03. The third-order valence-electron chi connectivity index (χ3n) is 4.95. The van der Waals surface area contributed by atoms with Crippen molar-refractivity contribution in [2.45, 2.75) is 13.8 Å². The number of anilines is 1. The zero-order valence-corrected chi connectivity index (χ0v) is 17.2. The number of thiazole rings is 1. The molecule has 0 atom stereocenters. The first-order valence-corrected chi connectivity index (χ1v) is 9.65. The summed E-state index contributed by atoms with van der Waals surface area (Å²) < 4.78 is 13.0. The SMILES string of the molecule is COC1=CC(=Cc2c(N)n3c(nc2=O)sc2cc(C)c(C)cc23)C=C(OC)C1=O. The molecule has 0 amide bonds. The van der Waals surface area contributed by atoms with Gasteiger partial charge >= 0.3 is 0 Å². The highest BCUT2D eigenvalue weighted by Gasteiger charge is 2.22. The number of carbonyl (C=O) groups excluding carboxylic acids is 1. The summed E-state index contributed by atoms with van der Waals surface area (Å²) in [5.41, 5.74) is 9.95. The van der Waals surface area contributed by atoms with Gasteiger partial charge in [0.05, 0.1) is 30.0 Å². The third-order valence-corrected chi connectivity index (χ3v) is 5.95. The van der Waals surface area contributed by atoms with Crippen LogP contribution in [0.3, 0.4) is 0 Å². The number of ether oxygens (including phenoxy) is 2. The molecule has 2 aromatic heterocycles. The maximum atomic E-state index is 12.7. The monoisotopic (exact) mass is 409 g/mol. The molecule has 0 saturated heterocycles. The smallest absolute Gasteiger partial charge is 0.283 e. The number of hydrogen-bond acceptors (Lipinski definition) is 7. The Morgan fingerprint density at radius 3 is 2.31 bits per heavy atom. The van der Waals surface area contributed by atoms with E-state index in [0.29, 0.717) is 16.4 Å². The molecule has 0 bridgehead atoms. The van der Waals surface area contributed by atoms with E-state index in [9.17, 15) is 9.59 Å². The molecule has 1 aliphatic rings. The number of fused-ring (bicyclic) bond motifs is 3. The minimum absolute atomic E-state index is 0.121. The van der Waals surface area contributed by atoms with Crippen molar-refractivity contribution < 1.29 is 14.3 Å². The van der Waals surface area contributed by atoms with Gasteiger partial charge in [0.1, 0.15) is 5.82 Å². The maximum Gasteiger partial charge on any atom is 0.283 e. The van der Waals surface area contributed by atoms with Crippen LogP contribution in [0.1, 0.15) is 16.7 Å². The quantitative estimate of drug-likeness (QED) is 0.714. The predicted octanol–water partition coefficient (Wildman–Crippen LogP) is 3.13. The Hall–Kier alpha value is -3.39. The highest BCUT2D eigenvalue weighted by atomic mass is 32.1. The summed E-state index contributed by atoms with van der Waals surface area (Å²) in [4.78, 5) is 29.6. The number of aromatic nitrogens is 2. The van der Waals surface area contributed by atoms with Gasteiger partial charge < -0.3 is 15.2 Å². The molecule has 7 nitrogen and oxygen atoms in total. The van der Waals surface area contributed by atoms with Crippen LogP contribution in [-0.4, -0.2) is 29.4 Å². The lowest BCUT2D eigenvalue weighted by Gasteiger charge is -2.13. The van der Waals surface area contributed by atoms with Crippen LogP contribution >= 0.6 is 11.3 Å². The van der Waals surface area contributed by atoms with Gasteiger partial charge in [-0.05, 0) is 60.9 Å². The van der Waals surface area contributed by atoms with Crippen LogP contribution in [0.5, 0.6) is 0 Å². The number of ketones is 1. The Balaban J connectivity index is 1.98. The molecule has 1 aromatic carbocycles. The molecule has 0 saturated carbocycles. The normalized spacial score (nSPS) is 14.2. The van der Waals surface area contributed by atoms with Crippen molar-refractivity contribution in [2.75, 3.05) is 20.0 Å². The molecule has 29 heavy (non-hydrogen) atoms. The van der Waals surface area contributed by atoms with E-state index < -0.39 is 5.56 Å². The van der Waals surface area contributed by atoms with Crippen LogP contribution in [0, 0.1) is 13.8 Å². The van der Waals surface area contributed by atoms with E-state index >= 15 is 0 Å². The van der Waals surface area contributed by atoms with Crippen molar-refractivity contribution in [1.82, 2.24) is 9.38 Å².